The number of amides is 2. The Balaban J connectivity index is 1.97. The van der Waals surface area contributed by atoms with Crippen molar-refractivity contribution in [1.82, 2.24) is 10.2 Å². The van der Waals surface area contributed by atoms with Crippen LogP contribution in [0.5, 0.6) is 0 Å². The van der Waals surface area contributed by atoms with Crippen LogP contribution in [0.2, 0.25) is 0 Å². The molecule has 3 aromatic carbocycles. The maximum absolute atomic E-state index is 13.7. The summed E-state index contributed by atoms with van der Waals surface area (Å²) in [4.78, 5) is 28.7. The lowest BCUT2D eigenvalue weighted by Crippen LogP contribution is -2.51. The summed E-state index contributed by atoms with van der Waals surface area (Å²) in [6.07, 6.45) is 0.732. The number of carbonyl (C=O) groups excluding carboxylic acids is 2. The van der Waals surface area contributed by atoms with Crippen molar-refractivity contribution < 1.29 is 9.59 Å². The van der Waals surface area contributed by atoms with Gasteiger partial charge in [0, 0.05) is 19.5 Å². The van der Waals surface area contributed by atoms with Gasteiger partial charge in [0.15, 0.2) is 0 Å². The average molecular weight is 443 g/mol. The van der Waals surface area contributed by atoms with Gasteiger partial charge in [-0.15, -0.1) is 0 Å². The summed E-state index contributed by atoms with van der Waals surface area (Å²) in [5, 5.41) is 2.95. The molecule has 3 aromatic rings. The fourth-order valence-corrected chi connectivity index (χ4v) is 4.30. The van der Waals surface area contributed by atoms with Crippen molar-refractivity contribution in [3.63, 3.8) is 0 Å². The lowest BCUT2D eigenvalue weighted by atomic mass is 10.00. The first-order valence-electron chi connectivity index (χ1n) is 11.6. The van der Waals surface area contributed by atoms with Crippen LogP contribution < -0.4 is 5.32 Å². The molecular weight excluding hydrogens is 408 g/mol. The van der Waals surface area contributed by atoms with Crippen LogP contribution in [0, 0.1) is 20.8 Å². The molecule has 0 aliphatic rings. The van der Waals surface area contributed by atoms with Gasteiger partial charge in [0.1, 0.15) is 6.04 Å². The molecular formula is C29H34N2O2. The summed E-state index contributed by atoms with van der Waals surface area (Å²) >= 11 is 0. The second-order valence-electron chi connectivity index (χ2n) is 8.78. The Hall–Kier alpha value is -3.40. The van der Waals surface area contributed by atoms with Crippen molar-refractivity contribution in [2.75, 3.05) is 6.54 Å². The van der Waals surface area contributed by atoms with E-state index in [4.69, 9.17) is 0 Å². The molecule has 0 radical (unpaired) electrons. The van der Waals surface area contributed by atoms with Gasteiger partial charge >= 0.3 is 0 Å². The van der Waals surface area contributed by atoms with Crippen LogP contribution in [0.25, 0.3) is 0 Å². The molecule has 1 atom stereocenters. The summed E-state index contributed by atoms with van der Waals surface area (Å²) in [6.45, 7) is 8.93. The van der Waals surface area contributed by atoms with Crippen LogP contribution in [-0.4, -0.2) is 29.3 Å². The number of nitrogens with one attached hydrogen (secondary N) is 1. The number of benzene rings is 3. The molecule has 2 amide bonds. The van der Waals surface area contributed by atoms with Gasteiger partial charge in [-0.05, 0) is 44.4 Å². The van der Waals surface area contributed by atoms with E-state index in [0.29, 0.717) is 19.5 Å². The first-order chi connectivity index (χ1) is 15.9. The van der Waals surface area contributed by atoms with Crippen LogP contribution in [0.15, 0.2) is 72.8 Å². The number of hydrogen-bond donors (Lipinski definition) is 1. The minimum absolute atomic E-state index is 0.0475. The third-order valence-electron chi connectivity index (χ3n) is 5.69. The zero-order chi connectivity index (χ0) is 23.8. The van der Waals surface area contributed by atoms with Gasteiger partial charge in [-0.1, -0.05) is 89.5 Å². The molecule has 4 nitrogen and oxygen atoms in total. The quantitative estimate of drug-likeness (QED) is 0.511. The maximum atomic E-state index is 13.7. The van der Waals surface area contributed by atoms with Crippen LogP contribution in [-0.2, 0) is 29.0 Å². The van der Waals surface area contributed by atoms with Gasteiger partial charge in [-0.25, -0.2) is 0 Å². The van der Waals surface area contributed by atoms with Gasteiger partial charge in [0.2, 0.25) is 11.8 Å². The smallest absolute Gasteiger partial charge is 0.243 e. The highest BCUT2D eigenvalue weighted by Crippen LogP contribution is 2.18. The van der Waals surface area contributed by atoms with Gasteiger partial charge < -0.3 is 10.2 Å². The van der Waals surface area contributed by atoms with Crippen molar-refractivity contribution >= 4 is 11.8 Å². The third-order valence-corrected chi connectivity index (χ3v) is 5.69. The van der Waals surface area contributed by atoms with E-state index in [2.05, 4.69) is 17.4 Å². The number of aryl methyl sites for hydroxylation is 3. The molecule has 1 N–H and O–H groups in total. The Bertz CT molecular complexity index is 1070. The lowest BCUT2D eigenvalue weighted by molar-refractivity contribution is -0.140. The summed E-state index contributed by atoms with van der Waals surface area (Å²) < 4.78 is 0. The highest BCUT2D eigenvalue weighted by atomic mass is 16.2. The van der Waals surface area contributed by atoms with Gasteiger partial charge in [-0.2, -0.15) is 0 Å². The molecule has 4 heteroatoms. The van der Waals surface area contributed by atoms with Crippen molar-refractivity contribution in [2.24, 2.45) is 0 Å². The van der Waals surface area contributed by atoms with E-state index < -0.39 is 6.04 Å². The minimum Gasteiger partial charge on any atom is -0.355 e. The van der Waals surface area contributed by atoms with Gasteiger partial charge in [0.25, 0.3) is 0 Å². The predicted octanol–water partition coefficient (Wildman–Crippen LogP) is 4.93. The molecule has 0 bridgehead atoms. The number of rotatable bonds is 9. The molecule has 0 heterocycles. The minimum atomic E-state index is -0.591. The van der Waals surface area contributed by atoms with Crippen molar-refractivity contribution in [3.8, 4) is 0 Å². The first-order valence-corrected chi connectivity index (χ1v) is 11.6. The topological polar surface area (TPSA) is 49.4 Å². The normalized spacial score (nSPS) is 11.6. The van der Waals surface area contributed by atoms with E-state index in [1.807, 2.05) is 88.4 Å². The predicted molar refractivity (Wildman–Crippen MR) is 134 cm³/mol. The van der Waals surface area contributed by atoms with Crippen molar-refractivity contribution in [1.29, 1.82) is 0 Å². The fourth-order valence-electron chi connectivity index (χ4n) is 4.30. The van der Waals surface area contributed by atoms with Gasteiger partial charge in [-0.3, -0.25) is 9.59 Å². The third kappa shape index (κ3) is 7.04. The monoisotopic (exact) mass is 442 g/mol. The number of likely N-dealkylation sites (N-methyl/N-ethyl adjacent to an activating group) is 1. The zero-order valence-corrected chi connectivity index (χ0v) is 20.1. The molecule has 0 aliphatic heterocycles. The van der Waals surface area contributed by atoms with Crippen LogP contribution in [0.3, 0.4) is 0 Å². The van der Waals surface area contributed by atoms with E-state index in [1.54, 1.807) is 4.90 Å². The lowest BCUT2D eigenvalue weighted by Gasteiger charge is -2.31. The van der Waals surface area contributed by atoms with E-state index in [9.17, 15) is 9.59 Å². The zero-order valence-electron chi connectivity index (χ0n) is 20.1. The Morgan fingerprint density at radius 3 is 2.06 bits per heavy atom. The number of hydrogen-bond acceptors (Lipinski definition) is 2. The molecule has 1 unspecified atom stereocenters. The second-order valence-corrected chi connectivity index (χ2v) is 8.78. The highest BCUT2D eigenvalue weighted by molar-refractivity contribution is 5.88. The summed E-state index contributed by atoms with van der Waals surface area (Å²) in [5.74, 6) is -0.170. The molecule has 0 saturated heterocycles. The highest BCUT2D eigenvalue weighted by Gasteiger charge is 2.30. The molecule has 0 saturated carbocycles. The van der Waals surface area contributed by atoms with Crippen molar-refractivity contribution in [3.05, 3.63) is 106 Å². The number of carbonyl (C=O) groups is 2. The van der Waals surface area contributed by atoms with Crippen molar-refractivity contribution in [2.45, 2.75) is 53.1 Å². The van der Waals surface area contributed by atoms with E-state index in [1.165, 1.54) is 0 Å². The molecule has 0 spiro atoms. The molecule has 33 heavy (non-hydrogen) atoms. The Morgan fingerprint density at radius 2 is 1.42 bits per heavy atom. The van der Waals surface area contributed by atoms with E-state index in [-0.39, 0.29) is 18.2 Å². The van der Waals surface area contributed by atoms with Crippen LogP contribution >= 0.6 is 0 Å². The summed E-state index contributed by atoms with van der Waals surface area (Å²) in [7, 11) is 0. The van der Waals surface area contributed by atoms with Crippen LogP contribution in [0.4, 0.5) is 0 Å². The summed E-state index contributed by atoms with van der Waals surface area (Å²) in [6, 6.07) is 23.6. The maximum Gasteiger partial charge on any atom is 0.243 e. The van der Waals surface area contributed by atoms with E-state index >= 15 is 0 Å². The Kier molecular flexibility index (Phi) is 8.42. The summed E-state index contributed by atoms with van der Waals surface area (Å²) in [5.41, 5.74) is 6.42. The Morgan fingerprint density at radius 1 is 0.788 bits per heavy atom. The molecule has 0 aromatic heterocycles. The molecule has 0 fully saturated rings. The molecule has 172 valence electrons. The standard InChI is InChI=1S/C29H34N2O2/c1-5-30-29(33)27(18-24-11-7-6-8-12-24)31(20-25-13-9-10-21(2)15-25)28(32)19-26-16-22(3)14-23(4)17-26/h6-17,27H,5,18-20H2,1-4H3,(H,30,33). The molecule has 3 rings (SSSR count). The second kappa shape index (κ2) is 11.5. The van der Waals surface area contributed by atoms with Gasteiger partial charge in [0.05, 0.1) is 6.42 Å². The first kappa shape index (κ1) is 24.2. The number of nitrogens with zero attached hydrogens (tertiary/aromatic N) is 1. The largest absolute Gasteiger partial charge is 0.355 e. The van der Waals surface area contributed by atoms with E-state index in [0.717, 1.165) is 33.4 Å². The Labute approximate surface area is 197 Å². The fraction of sp³-hybridized carbons (Fsp3) is 0.310. The average Bonchev–Trinajstić information content (AvgIpc) is 2.76. The SMILES string of the molecule is CCNC(=O)C(Cc1ccccc1)N(Cc1cccc(C)c1)C(=O)Cc1cc(C)cc(C)c1. The van der Waals surface area contributed by atoms with Crippen LogP contribution in [0.1, 0.15) is 40.3 Å². The molecule has 0 aliphatic carbocycles.